The van der Waals surface area contributed by atoms with Gasteiger partial charge in [0.2, 0.25) is 0 Å². The van der Waals surface area contributed by atoms with Gasteiger partial charge in [-0.15, -0.1) is 0 Å². The van der Waals surface area contributed by atoms with Gasteiger partial charge in [0.25, 0.3) is 0 Å². The zero-order valence-electron chi connectivity index (χ0n) is 12.0. The van der Waals surface area contributed by atoms with E-state index in [-0.39, 0.29) is 0 Å². The van der Waals surface area contributed by atoms with E-state index in [4.69, 9.17) is 16.3 Å². The van der Waals surface area contributed by atoms with Crippen molar-refractivity contribution < 1.29 is 4.74 Å². The van der Waals surface area contributed by atoms with Crippen LogP contribution in [0.25, 0.3) is 28.0 Å². The number of hydrogen-bond donors (Lipinski definition) is 0. The molecular formula is C19H14BrClO. The van der Waals surface area contributed by atoms with E-state index in [9.17, 15) is 0 Å². The summed E-state index contributed by atoms with van der Waals surface area (Å²) in [5.74, 6) is 0. The minimum atomic E-state index is 0.721. The molecule has 110 valence electrons. The SMILES string of the molecule is COC=Cc1ccc(Cl)cc1-c1ccc2ccc(Br)cc2c1. The standard InChI is InChI=1S/C19H14BrClO/c1-22-9-8-14-5-7-18(21)12-19(14)15-3-2-13-4-6-17(20)11-16(13)10-15/h2-12H,1H3. The maximum Gasteiger partial charge on any atom is 0.0830 e. The van der Waals surface area contributed by atoms with E-state index in [1.165, 1.54) is 10.8 Å². The summed E-state index contributed by atoms with van der Waals surface area (Å²) in [5, 5.41) is 3.12. The largest absolute Gasteiger partial charge is 0.504 e. The lowest BCUT2D eigenvalue weighted by Gasteiger charge is -2.09. The third-order valence-corrected chi connectivity index (χ3v) is 4.24. The summed E-state index contributed by atoms with van der Waals surface area (Å²) in [6, 6.07) is 18.6. The van der Waals surface area contributed by atoms with Crippen molar-refractivity contribution in [1.82, 2.24) is 0 Å². The third-order valence-electron chi connectivity index (χ3n) is 3.51. The molecule has 0 saturated heterocycles. The highest BCUT2D eigenvalue weighted by Crippen LogP contribution is 2.31. The Kier molecular flexibility index (Phi) is 4.51. The van der Waals surface area contributed by atoms with Crippen molar-refractivity contribution >= 4 is 44.4 Å². The van der Waals surface area contributed by atoms with E-state index in [1.54, 1.807) is 13.4 Å². The molecule has 22 heavy (non-hydrogen) atoms. The van der Waals surface area contributed by atoms with Gasteiger partial charge in [0, 0.05) is 9.50 Å². The van der Waals surface area contributed by atoms with Gasteiger partial charge in [-0.3, -0.25) is 0 Å². The zero-order valence-corrected chi connectivity index (χ0v) is 14.4. The van der Waals surface area contributed by atoms with E-state index >= 15 is 0 Å². The van der Waals surface area contributed by atoms with E-state index in [0.717, 1.165) is 26.2 Å². The average Bonchev–Trinajstić information content (AvgIpc) is 2.53. The van der Waals surface area contributed by atoms with Crippen LogP contribution in [0, 0.1) is 0 Å². The predicted octanol–water partition coefficient (Wildman–Crippen LogP) is 6.54. The summed E-state index contributed by atoms with van der Waals surface area (Å²) < 4.78 is 6.11. The van der Waals surface area contributed by atoms with Gasteiger partial charge in [0.05, 0.1) is 13.4 Å². The van der Waals surface area contributed by atoms with Crippen molar-refractivity contribution in [3.8, 4) is 11.1 Å². The van der Waals surface area contributed by atoms with Gasteiger partial charge in [0.1, 0.15) is 0 Å². The number of halogens is 2. The molecule has 0 aliphatic rings. The Labute approximate surface area is 143 Å². The van der Waals surface area contributed by atoms with Gasteiger partial charge >= 0.3 is 0 Å². The second-order valence-corrected chi connectivity index (χ2v) is 6.33. The molecule has 0 spiro atoms. The van der Waals surface area contributed by atoms with E-state index < -0.39 is 0 Å². The summed E-state index contributed by atoms with van der Waals surface area (Å²) >= 11 is 9.71. The second-order valence-electron chi connectivity index (χ2n) is 4.98. The molecule has 0 bridgehead atoms. The van der Waals surface area contributed by atoms with Crippen LogP contribution >= 0.6 is 27.5 Å². The van der Waals surface area contributed by atoms with Crippen LogP contribution in [0.5, 0.6) is 0 Å². The van der Waals surface area contributed by atoms with Crippen LogP contribution in [0.15, 0.2) is 65.3 Å². The van der Waals surface area contributed by atoms with Gasteiger partial charge in [-0.05, 0) is 63.9 Å². The topological polar surface area (TPSA) is 9.23 Å². The molecule has 3 rings (SSSR count). The molecule has 0 aliphatic heterocycles. The maximum atomic E-state index is 6.18. The Morgan fingerprint density at radius 2 is 1.77 bits per heavy atom. The summed E-state index contributed by atoms with van der Waals surface area (Å²) in [4.78, 5) is 0. The first-order valence-electron chi connectivity index (χ1n) is 6.86. The Hall–Kier alpha value is -1.77. The van der Waals surface area contributed by atoms with E-state index in [2.05, 4.69) is 46.3 Å². The fourth-order valence-corrected chi connectivity index (χ4v) is 3.00. The van der Waals surface area contributed by atoms with Crippen LogP contribution < -0.4 is 0 Å². The Balaban J connectivity index is 2.17. The first kappa shape index (κ1) is 15.1. The first-order valence-corrected chi connectivity index (χ1v) is 8.03. The summed E-state index contributed by atoms with van der Waals surface area (Å²) in [5.41, 5.74) is 3.28. The van der Waals surface area contributed by atoms with Gasteiger partial charge in [-0.25, -0.2) is 0 Å². The van der Waals surface area contributed by atoms with E-state index in [0.29, 0.717) is 0 Å². The first-order chi connectivity index (χ1) is 10.7. The molecule has 0 N–H and O–H groups in total. The maximum absolute atomic E-state index is 6.18. The molecule has 3 aromatic rings. The van der Waals surface area contributed by atoms with Gasteiger partial charge in [-0.2, -0.15) is 0 Å². The molecule has 0 amide bonds. The number of methoxy groups -OCH3 is 1. The molecule has 0 atom stereocenters. The van der Waals surface area contributed by atoms with Crippen LogP contribution in [0.3, 0.4) is 0 Å². The van der Waals surface area contributed by atoms with Crippen molar-refractivity contribution in [2.75, 3.05) is 7.11 Å². The van der Waals surface area contributed by atoms with Crippen molar-refractivity contribution in [1.29, 1.82) is 0 Å². The normalized spacial score (nSPS) is 11.2. The Morgan fingerprint density at radius 3 is 2.59 bits per heavy atom. The minimum absolute atomic E-state index is 0.721. The minimum Gasteiger partial charge on any atom is -0.504 e. The molecule has 0 aliphatic carbocycles. The fourth-order valence-electron chi connectivity index (χ4n) is 2.45. The third kappa shape index (κ3) is 3.18. The molecule has 0 unspecified atom stereocenters. The molecule has 0 radical (unpaired) electrons. The van der Waals surface area contributed by atoms with Crippen LogP contribution in [-0.4, -0.2) is 7.11 Å². The lowest BCUT2D eigenvalue weighted by molar-refractivity contribution is 0.341. The molecule has 0 fully saturated rings. The Bertz CT molecular complexity index is 855. The van der Waals surface area contributed by atoms with Crippen molar-refractivity contribution in [3.63, 3.8) is 0 Å². The highest BCUT2D eigenvalue weighted by atomic mass is 79.9. The van der Waals surface area contributed by atoms with Crippen molar-refractivity contribution in [2.24, 2.45) is 0 Å². The molecule has 0 heterocycles. The Morgan fingerprint density at radius 1 is 0.955 bits per heavy atom. The number of fused-ring (bicyclic) bond motifs is 1. The van der Waals surface area contributed by atoms with Gasteiger partial charge < -0.3 is 4.74 Å². The monoisotopic (exact) mass is 372 g/mol. The molecule has 0 saturated carbocycles. The molecule has 3 aromatic carbocycles. The average molecular weight is 374 g/mol. The quantitative estimate of drug-likeness (QED) is 0.474. The van der Waals surface area contributed by atoms with Gasteiger partial charge in [-0.1, -0.05) is 51.8 Å². The number of ether oxygens (including phenoxy) is 1. The number of hydrogen-bond acceptors (Lipinski definition) is 1. The smallest absolute Gasteiger partial charge is 0.0830 e. The summed E-state index contributed by atoms with van der Waals surface area (Å²) in [6.07, 6.45) is 3.61. The highest BCUT2D eigenvalue weighted by Gasteiger charge is 2.06. The van der Waals surface area contributed by atoms with Crippen LogP contribution in [-0.2, 0) is 4.74 Å². The lowest BCUT2D eigenvalue weighted by atomic mass is 9.97. The van der Waals surface area contributed by atoms with E-state index in [1.807, 2.05) is 30.3 Å². The van der Waals surface area contributed by atoms with Gasteiger partial charge in [0.15, 0.2) is 0 Å². The number of rotatable bonds is 3. The highest BCUT2D eigenvalue weighted by molar-refractivity contribution is 9.10. The predicted molar refractivity (Wildman–Crippen MR) is 98.1 cm³/mol. The van der Waals surface area contributed by atoms with Crippen LogP contribution in [0.2, 0.25) is 5.02 Å². The summed E-state index contributed by atoms with van der Waals surface area (Å²) in [6.45, 7) is 0. The van der Waals surface area contributed by atoms with Crippen LogP contribution in [0.1, 0.15) is 5.56 Å². The molecule has 1 nitrogen and oxygen atoms in total. The molecular weight excluding hydrogens is 360 g/mol. The van der Waals surface area contributed by atoms with Crippen LogP contribution in [0.4, 0.5) is 0 Å². The van der Waals surface area contributed by atoms with Crippen molar-refractivity contribution in [3.05, 3.63) is 75.9 Å². The van der Waals surface area contributed by atoms with Crippen molar-refractivity contribution in [2.45, 2.75) is 0 Å². The molecule has 3 heteroatoms. The summed E-state index contributed by atoms with van der Waals surface area (Å²) in [7, 11) is 1.64. The number of benzene rings is 3. The second kappa shape index (κ2) is 6.55. The molecule has 0 aromatic heterocycles. The lowest BCUT2D eigenvalue weighted by Crippen LogP contribution is -1.85. The fraction of sp³-hybridized carbons (Fsp3) is 0.0526. The zero-order chi connectivity index (χ0) is 15.5.